The van der Waals surface area contributed by atoms with Gasteiger partial charge in [-0.15, -0.1) is 34.8 Å². The summed E-state index contributed by atoms with van der Waals surface area (Å²) in [7, 11) is 2.73. The Morgan fingerprint density at radius 2 is 0.792 bits per heavy atom. The van der Waals surface area contributed by atoms with Gasteiger partial charge in [-0.25, -0.2) is 0 Å². The van der Waals surface area contributed by atoms with Crippen LogP contribution in [0.15, 0.2) is 0 Å². The average molecular weight is 394 g/mol. The molecule has 0 aliphatic carbocycles. The molecule has 24 heavy (non-hydrogen) atoms. The lowest BCUT2D eigenvalue weighted by Gasteiger charge is -2.45. The van der Waals surface area contributed by atoms with Gasteiger partial charge in [0.05, 0.1) is 14.6 Å². The summed E-state index contributed by atoms with van der Waals surface area (Å²) in [5.41, 5.74) is 0. The zero-order chi connectivity index (χ0) is 18.6. The van der Waals surface area contributed by atoms with Crippen LogP contribution in [0.2, 0.25) is 0 Å². The van der Waals surface area contributed by atoms with E-state index in [0.29, 0.717) is 0 Å². The summed E-state index contributed by atoms with van der Waals surface area (Å²) < 4.78 is 7.27. The van der Waals surface area contributed by atoms with Gasteiger partial charge >= 0.3 is 0 Å². The first kappa shape index (κ1) is 23.0. The molecule has 0 amide bonds. The van der Waals surface area contributed by atoms with Crippen molar-refractivity contribution < 1.29 is 0 Å². The third kappa shape index (κ3) is 8.10. The van der Waals surface area contributed by atoms with Crippen LogP contribution in [0.3, 0.4) is 0 Å². The Bertz CT molecular complexity index is 334. The molecule has 3 nitrogen and oxygen atoms in total. The van der Waals surface area contributed by atoms with Gasteiger partial charge in [-0.3, -0.25) is 0 Å². The Labute approximate surface area is 166 Å². The number of nitrogens with zero attached hydrogens (tertiary/aromatic N) is 3. The summed E-state index contributed by atoms with van der Waals surface area (Å²) in [6, 6.07) is 0. The molecule has 0 N–H and O–H groups in total. The normalized spacial score (nSPS) is 24.9. The summed E-state index contributed by atoms with van der Waals surface area (Å²) in [5.74, 6) is 0. The van der Waals surface area contributed by atoms with E-state index in [2.05, 4.69) is 55.7 Å². The second kappa shape index (κ2) is 9.24. The number of rotatable bonds is 9. The van der Waals surface area contributed by atoms with Gasteiger partial charge in [0.15, 0.2) is 0 Å². The Hall–Kier alpha value is 0.945. The lowest BCUT2D eigenvalue weighted by atomic mass is 9.71. The Morgan fingerprint density at radius 3 is 0.958 bits per heavy atom. The largest absolute Gasteiger partial charge is 0.362 e. The fraction of sp³-hybridized carbons (Fsp3) is 1.00. The molecule has 1 rings (SSSR count). The van der Waals surface area contributed by atoms with E-state index in [1.54, 1.807) is 0 Å². The highest BCUT2D eigenvalue weighted by molar-refractivity contribution is 6.65. The van der Waals surface area contributed by atoms with Crippen molar-refractivity contribution in [1.82, 2.24) is 14.2 Å². The van der Waals surface area contributed by atoms with Crippen LogP contribution in [0.25, 0.3) is 0 Å². The molecule has 1 aliphatic heterocycles. The minimum Gasteiger partial charge on any atom is -0.362 e. The second-order valence-corrected chi connectivity index (χ2v) is 10.9. The van der Waals surface area contributed by atoms with E-state index in [1.807, 2.05) is 0 Å². The van der Waals surface area contributed by atoms with E-state index in [1.165, 1.54) is 0 Å². The van der Waals surface area contributed by atoms with Crippen LogP contribution in [0.1, 0.15) is 60.8 Å². The standard InChI is InChI=1S/C15H33B3Cl3N3/c1-7-13(4,19)10-22-16-23(11-14(5,20)8-2)18-24(17-22)12-15(6,21)9-3/h16-18H,7-12H2,1-6H3. The third-order valence-electron chi connectivity index (χ3n) is 5.07. The van der Waals surface area contributed by atoms with Gasteiger partial charge in [0.25, 0.3) is 22.6 Å². The third-order valence-corrected chi connectivity index (χ3v) is 6.23. The molecule has 0 aromatic rings. The van der Waals surface area contributed by atoms with E-state index >= 15 is 0 Å². The van der Waals surface area contributed by atoms with Crippen LogP contribution < -0.4 is 0 Å². The van der Waals surface area contributed by atoms with Gasteiger partial charge < -0.3 is 14.2 Å². The molecule has 3 unspecified atom stereocenters. The van der Waals surface area contributed by atoms with Crippen LogP contribution in [0.5, 0.6) is 0 Å². The Balaban J connectivity index is 2.82. The summed E-state index contributed by atoms with van der Waals surface area (Å²) in [6.07, 6.45) is 2.86. The van der Waals surface area contributed by atoms with Gasteiger partial charge in [0.1, 0.15) is 0 Å². The predicted molar refractivity (Wildman–Crippen MR) is 115 cm³/mol. The molecule has 1 heterocycles. The lowest BCUT2D eigenvalue weighted by Crippen LogP contribution is -2.65. The number of alkyl halides is 3. The van der Waals surface area contributed by atoms with Crippen molar-refractivity contribution in [3.05, 3.63) is 0 Å². The Morgan fingerprint density at radius 1 is 0.583 bits per heavy atom. The molecule has 0 spiro atoms. The molecule has 0 aromatic heterocycles. The van der Waals surface area contributed by atoms with E-state index < -0.39 is 0 Å². The van der Waals surface area contributed by atoms with Crippen LogP contribution in [-0.2, 0) is 0 Å². The highest BCUT2D eigenvalue weighted by Gasteiger charge is 2.36. The first-order valence-corrected chi connectivity index (χ1v) is 10.3. The molecule has 1 fully saturated rings. The summed E-state index contributed by atoms with van der Waals surface area (Å²) >= 11 is 19.9. The quantitative estimate of drug-likeness (QED) is 0.440. The molecule has 0 saturated carbocycles. The molecule has 1 aliphatic rings. The molecule has 9 heteroatoms. The molecule has 0 radical (unpaired) electrons. The molecule has 1 saturated heterocycles. The highest BCUT2D eigenvalue weighted by Crippen LogP contribution is 2.25. The minimum absolute atomic E-state index is 0.196. The molecule has 0 aromatic carbocycles. The van der Waals surface area contributed by atoms with Gasteiger partial charge in [-0.05, 0) is 59.7 Å². The topological polar surface area (TPSA) is 9.72 Å². The fourth-order valence-electron chi connectivity index (χ4n) is 3.02. The molecule has 138 valence electrons. The van der Waals surface area contributed by atoms with Gasteiger partial charge in [-0.2, -0.15) is 0 Å². The smallest absolute Gasteiger partial charge is 0.270 e. The van der Waals surface area contributed by atoms with Gasteiger partial charge in [0, 0.05) is 0 Å². The minimum atomic E-state index is -0.196. The molecule has 0 bridgehead atoms. The van der Waals surface area contributed by atoms with Crippen LogP contribution in [-0.4, -0.2) is 71.1 Å². The predicted octanol–water partition coefficient (Wildman–Crippen LogP) is 2.93. The fourth-order valence-corrected chi connectivity index (χ4v) is 3.52. The van der Waals surface area contributed by atoms with Gasteiger partial charge in [-0.1, -0.05) is 20.8 Å². The molecular weight excluding hydrogens is 361 g/mol. The van der Waals surface area contributed by atoms with E-state index in [4.69, 9.17) is 34.8 Å². The maximum absolute atomic E-state index is 6.64. The first-order valence-electron chi connectivity index (χ1n) is 9.16. The van der Waals surface area contributed by atoms with Crippen molar-refractivity contribution in [3.8, 4) is 0 Å². The molecular formula is C15H33B3Cl3N3. The maximum Gasteiger partial charge on any atom is 0.270 e. The SMILES string of the molecule is CCC(C)(Cl)CN1BN(CC(C)(Cl)CC)BN(CC(C)(Cl)CC)B1. The van der Waals surface area contributed by atoms with Crippen molar-refractivity contribution >= 4 is 57.5 Å². The summed E-state index contributed by atoms with van der Waals surface area (Å²) in [5, 5.41) is 0. The zero-order valence-corrected chi connectivity index (χ0v) is 18.6. The van der Waals surface area contributed by atoms with Crippen molar-refractivity contribution in [2.24, 2.45) is 0 Å². The van der Waals surface area contributed by atoms with Crippen molar-refractivity contribution in [2.45, 2.75) is 75.4 Å². The zero-order valence-electron chi connectivity index (χ0n) is 16.3. The lowest BCUT2D eigenvalue weighted by molar-refractivity contribution is 0.393. The van der Waals surface area contributed by atoms with Crippen molar-refractivity contribution in [2.75, 3.05) is 19.6 Å². The van der Waals surface area contributed by atoms with E-state index in [9.17, 15) is 0 Å². The summed E-state index contributed by atoms with van der Waals surface area (Å²) in [6.45, 7) is 15.4. The highest BCUT2D eigenvalue weighted by atomic mass is 35.5. The van der Waals surface area contributed by atoms with Gasteiger partial charge in [0.2, 0.25) is 0 Å². The van der Waals surface area contributed by atoms with Crippen LogP contribution in [0.4, 0.5) is 0 Å². The van der Waals surface area contributed by atoms with E-state index in [-0.39, 0.29) is 14.6 Å². The van der Waals surface area contributed by atoms with Crippen molar-refractivity contribution in [1.29, 1.82) is 0 Å². The monoisotopic (exact) mass is 393 g/mol. The maximum atomic E-state index is 6.64. The number of hydrogen-bond donors (Lipinski definition) is 0. The van der Waals surface area contributed by atoms with E-state index in [0.717, 1.165) is 61.5 Å². The first-order chi connectivity index (χ1) is 10.9. The number of halogens is 3. The Kier molecular flexibility index (Phi) is 8.85. The van der Waals surface area contributed by atoms with Crippen LogP contribution in [0, 0.1) is 0 Å². The number of hydrogen-bond acceptors (Lipinski definition) is 3. The average Bonchev–Trinajstić information content (AvgIpc) is 2.45. The van der Waals surface area contributed by atoms with Crippen LogP contribution >= 0.6 is 34.8 Å². The molecule has 3 atom stereocenters. The van der Waals surface area contributed by atoms with Crippen molar-refractivity contribution in [3.63, 3.8) is 0 Å². The second-order valence-electron chi connectivity index (χ2n) is 8.21. The summed E-state index contributed by atoms with van der Waals surface area (Å²) in [4.78, 5) is -0.587.